The SMILES string of the molecule is CO/N=C1\C[C@@H](CCC(=O)Nc2ncc(C)s2)C2C3CCc4cc(OC(=O)CN)ccc4C3CC[C@]12C.Cl. The number of fused-ring (bicyclic) bond motifs is 5. The Bertz CT molecular complexity index is 1220. The van der Waals surface area contributed by atoms with Gasteiger partial charge in [-0.05, 0) is 92.4 Å². The minimum atomic E-state index is -0.421. The van der Waals surface area contributed by atoms with Gasteiger partial charge in [0.2, 0.25) is 5.91 Å². The minimum absolute atomic E-state index is 0. The lowest BCUT2D eigenvalue weighted by molar-refractivity contribution is -0.132. The summed E-state index contributed by atoms with van der Waals surface area (Å²) in [6.07, 6.45) is 8.12. The first kappa shape index (κ1) is 28.5. The van der Waals surface area contributed by atoms with Crippen molar-refractivity contribution in [2.45, 2.75) is 64.7 Å². The molecule has 10 heteroatoms. The Kier molecular flexibility index (Phi) is 8.79. The maximum Gasteiger partial charge on any atom is 0.325 e. The maximum absolute atomic E-state index is 12.8. The van der Waals surface area contributed by atoms with E-state index in [-0.39, 0.29) is 30.3 Å². The lowest BCUT2D eigenvalue weighted by Crippen LogP contribution is -2.44. The Morgan fingerprint density at radius 3 is 2.84 bits per heavy atom. The second-order valence-corrected chi connectivity index (χ2v) is 12.1. The van der Waals surface area contributed by atoms with Gasteiger partial charge in [0.25, 0.3) is 0 Å². The number of halogens is 1. The van der Waals surface area contributed by atoms with Crippen LogP contribution in [0.4, 0.5) is 5.13 Å². The van der Waals surface area contributed by atoms with Crippen molar-refractivity contribution >= 4 is 46.5 Å². The van der Waals surface area contributed by atoms with Crippen LogP contribution < -0.4 is 15.8 Å². The maximum atomic E-state index is 12.8. The quantitative estimate of drug-likeness (QED) is 0.272. The summed E-state index contributed by atoms with van der Waals surface area (Å²) in [5.74, 6) is 1.97. The summed E-state index contributed by atoms with van der Waals surface area (Å²) in [5.41, 5.74) is 9.19. The number of carbonyl (C=O) groups is 2. The summed E-state index contributed by atoms with van der Waals surface area (Å²) >= 11 is 1.50. The molecule has 3 aliphatic carbocycles. The van der Waals surface area contributed by atoms with E-state index in [9.17, 15) is 9.59 Å². The van der Waals surface area contributed by atoms with Gasteiger partial charge in [0.1, 0.15) is 12.9 Å². The molecule has 38 heavy (non-hydrogen) atoms. The van der Waals surface area contributed by atoms with Crippen molar-refractivity contribution in [2.75, 3.05) is 19.0 Å². The van der Waals surface area contributed by atoms with Gasteiger partial charge in [0.15, 0.2) is 5.13 Å². The van der Waals surface area contributed by atoms with E-state index in [1.54, 1.807) is 13.3 Å². The number of nitrogens with zero attached hydrogens (tertiary/aromatic N) is 2. The highest BCUT2D eigenvalue weighted by Gasteiger charge is 2.57. The highest BCUT2D eigenvalue weighted by Crippen LogP contribution is 2.62. The third-order valence-corrected chi connectivity index (χ3v) is 9.61. The molecule has 0 radical (unpaired) electrons. The fourth-order valence-corrected chi connectivity index (χ4v) is 7.98. The first-order valence-electron chi connectivity index (χ1n) is 13.2. The van der Waals surface area contributed by atoms with E-state index in [0.717, 1.165) is 49.1 Å². The molecule has 1 amide bonds. The minimum Gasteiger partial charge on any atom is -0.426 e. The summed E-state index contributed by atoms with van der Waals surface area (Å²) in [4.78, 5) is 35.1. The van der Waals surface area contributed by atoms with Crippen LogP contribution in [0.5, 0.6) is 5.75 Å². The number of aromatic nitrogens is 1. The van der Waals surface area contributed by atoms with Gasteiger partial charge < -0.3 is 20.6 Å². The number of nitrogens with one attached hydrogen (secondary N) is 1. The molecule has 8 nitrogen and oxygen atoms in total. The highest BCUT2D eigenvalue weighted by atomic mass is 35.5. The summed E-state index contributed by atoms with van der Waals surface area (Å²) in [6.45, 7) is 4.21. The summed E-state index contributed by atoms with van der Waals surface area (Å²) in [5, 5.41) is 8.14. The average Bonchev–Trinajstić information content (AvgIpc) is 3.42. The van der Waals surface area contributed by atoms with E-state index >= 15 is 0 Å². The van der Waals surface area contributed by atoms with Gasteiger partial charge in [-0.3, -0.25) is 9.59 Å². The van der Waals surface area contributed by atoms with Crippen molar-refractivity contribution in [3.8, 4) is 5.75 Å². The smallest absolute Gasteiger partial charge is 0.325 e. The molecule has 3 unspecified atom stereocenters. The van der Waals surface area contributed by atoms with Gasteiger partial charge in [-0.1, -0.05) is 18.1 Å². The van der Waals surface area contributed by atoms with Crippen molar-refractivity contribution in [3.05, 3.63) is 40.4 Å². The van der Waals surface area contributed by atoms with E-state index in [1.165, 1.54) is 22.5 Å². The number of anilines is 1. The monoisotopic (exact) mass is 560 g/mol. The van der Waals surface area contributed by atoms with Gasteiger partial charge >= 0.3 is 5.97 Å². The van der Waals surface area contributed by atoms with Gasteiger partial charge in [0.05, 0.1) is 12.3 Å². The lowest BCUT2D eigenvalue weighted by atomic mass is 9.54. The summed E-state index contributed by atoms with van der Waals surface area (Å²) < 4.78 is 5.37. The number of amides is 1. The van der Waals surface area contributed by atoms with Crippen molar-refractivity contribution in [3.63, 3.8) is 0 Å². The molecule has 5 rings (SSSR count). The number of ether oxygens (including phenoxy) is 1. The fourth-order valence-electron chi connectivity index (χ4n) is 7.30. The van der Waals surface area contributed by atoms with Gasteiger partial charge in [-0.15, -0.1) is 23.7 Å². The average molecular weight is 561 g/mol. The van der Waals surface area contributed by atoms with Gasteiger partial charge in [-0.2, -0.15) is 0 Å². The van der Waals surface area contributed by atoms with E-state index < -0.39 is 5.97 Å². The van der Waals surface area contributed by atoms with Crippen molar-refractivity contribution in [1.29, 1.82) is 0 Å². The zero-order valence-corrected chi connectivity index (χ0v) is 23.8. The largest absolute Gasteiger partial charge is 0.426 e. The van der Waals surface area contributed by atoms with Crippen LogP contribution in [0.15, 0.2) is 29.6 Å². The van der Waals surface area contributed by atoms with Crippen LogP contribution >= 0.6 is 23.7 Å². The second kappa shape index (κ2) is 11.7. The van der Waals surface area contributed by atoms with Gasteiger partial charge in [-0.25, -0.2) is 4.98 Å². The van der Waals surface area contributed by atoms with Crippen molar-refractivity contribution in [2.24, 2.45) is 34.1 Å². The molecule has 0 aliphatic heterocycles. The zero-order valence-electron chi connectivity index (χ0n) is 22.2. The van der Waals surface area contributed by atoms with Crippen LogP contribution in [-0.2, 0) is 20.8 Å². The zero-order chi connectivity index (χ0) is 26.2. The summed E-state index contributed by atoms with van der Waals surface area (Å²) in [6, 6.07) is 6.06. The topological polar surface area (TPSA) is 116 Å². The predicted octanol–water partition coefficient (Wildman–Crippen LogP) is 5.24. The van der Waals surface area contributed by atoms with Crippen LogP contribution in [0.3, 0.4) is 0 Å². The number of aryl methyl sites for hydroxylation is 2. The number of thiazole rings is 1. The molecule has 2 saturated carbocycles. The number of oxime groups is 1. The molecule has 0 saturated heterocycles. The van der Waals surface area contributed by atoms with E-state index in [0.29, 0.717) is 41.0 Å². The number of esters is 1. The Hall–Kier alpha value is -2.49. The molecule has 206 valence electrons. The number of carbonyl (C=O) groups excluding carboxylic acids is 2. The fraction of sp³-hybridized carbons (Fsp3) is 0.571. The molecule has 3 N–H and O–H groups in total. The second-order valence-electron chi connectivity index (χ2n) is 10.9. The predicted molar refractivity (Wildman–Crippen MR) is 151 cm³/mol. The van der Waals surface area contributed by atoms with E-state index in [2.05, 4.69) is 28.4 Å². The first-order valence-corrected chi connectivity index (χ1v) is 14.0. The number of nitrogens with two attached hydrogens (primary N) is 1. The number of benzene rings is 1. The Morgan fingerprint density at radius 2 is 2.13 bits per heavy atom. The highest BCUT2D eigenvalue weighted by molar-refractivity contribution is 7.15. The molecule has 1 aromatic heterocycles. The molecule has 0 spiro atoms. The standard InChI is InChI=1S/C28H36N4O4S.ClH/c1-16-15-30-27(37-16)31-24(33)9-5-18-13-23(32-35-3)28(2)11-10-21-20-8-6-19(36-25(34)14-29)12-17(20)4-7-22(21)26(18)28;/h6,8,12,15,18,21-22,26H,4-5,7,9-11,13-14,29H2,1-3H3,(H,30,31,33);1H/b32-23+;/t18-,21?,22?,26?,28-;/m1./s1. The number of hydrogen-bond acceptors (Lipinski definition) is 8. The van der Waals surface area contributed by atoms with Crippen molar-refractivity contribution < 1.29 is 19.2 Å². The van der Waals surface area contributed by atoms with Crippen LogP contribution in [0.25, 0.3) is 0 Å². The summed E-state index contributed by atoms with van der Waals surface area (Å²) in [7, 11) is 1.62. The van der Waals surface area contributed by atoms with Crippen LogP contribution in [0, 0.1) is 30.1 Å². The molecule has 2 aromatic rings. The third-order valence-electron chi connectivity index (χ3n) is 8.78. The molecule has 0 bridgehead atoms. The van der Waals surface area contributed by atoms with Crippen molar-refractivity contribution in [1.82, 2.24) is 4.98 Å². The van der Waals surface area contributed by atoms with Crippen LogP contribution in [0.2, 0.25) is 0 Å². The molecule has 5 atom stereocenters. The Morgan fingerprint density at radius 1 is 1.32 bits per heavy atom. The van der Waals surface area contributed by atoms with E-state index in [1.807, 2.05) is 19.1 Å². The van der Waals surface area contributed by atoms with E-state index in [4.69, 9.17) is 15.3 Å². The molecular formula is C28H37ClN4O4S. The molecule has 3 aliphatic rings. The first-order chi connectivity index (χ1) is 17.8. The lowest BCUT2D eigenvalue weighted by Gasteiger charge is -2.50. The van der Waals surface area contributed by atoms with Gasteiger partial charge in [0, 0.05) is 22.9 Å². The van der Waals surface area contributed by atoms with Crippen LogP contribution in [0.1, 0.15) is 67.4 Å². The molecule has 2 fully saturated rings. The molecule has 1 heterocycles. The Balaban J connectivity index is 0.00000336. The normalized spacial score (nSPS) is 28.5. The molecule has 1 aromatic carbocycles. The Labute approximate surface area is 234 Å². The van der Waals surface area contributed by atoms with Crippen LogP contribution in [-0.4, -0.2) is 36.2 Å². The third kappa shape index (κ3) is 5.46. The number of hydrogen-bond donors (Lipinski definition) is 2. The number of rotatable bonds is 7. The molecular weight excluding hydrogens is 524 g/mol.